The molecule has 0 aromatic carbocycles. The van der Waals surface area contributed by atoms with Crippen LogP contribution < -0.4 is 5.73 Å². The normalized spacial score (nSPS) is 17.9. The Balaban J connectivity index is 1.62. The summed E-state index contributed by atoms with van der Waals surface area (Å²) in [7, 11) is 0. The summed E-state index contributed by atoms with van der Waals surface area (Å²) in [5.41, 5.74) is 6.03. The highest BCUT2D eigenvalue weighted by Crippen LogP contribution is 2.20. The van der Waals surface area contributed by atoms with E-state index < -0.39 is 0 Å². The molecule has 0 unspecified atom stereocenters. The van der Waals surface area contributed by atoms with Gasteiger partial charge < -0.3 is 10.6 Å². The zero-order valence-electron chi connectivity index (χ0n) is 11.4. The van der Waals surface area contributed by atoms with Gasteiger partial charge in [-0.25, -0.2) is 4.98 Å². The molecule has 1 fully saturated rings. The Morgan fingerprint density at radius 1 is 1.58 bits per heavy atom. The molecule has 2 heterocycles. The first-order valence-corrected chi connectivity index (χ1v) is 8.69. The molecule has 0 radical (unpaired) electrons. The van der Waals surface area contributed by atoms with Crippen molar-refractivity contribution in [2.45, 2.75) is 30.5 Å². The van der Waals surface area contributed by atoms with Gasteiger partial charge in [0, 0.05) is 37.0 Å². The molecular formula is C13H22N4S2. The lowest BCUT2D eigenvalue weighted by molar-refractivity contribution is 0.277. The van der Waals surface area contributed by atoms with E-state index in [1.807, 2.05) is 11.6 Å². The van der Waals surface area contributed by atoms with Gasteiger partial charge in [0.05, 0.1) is 0 Å². The van der Waals surface area contributed by atoms with Crippen LogP contribution in [0.3, 0.4) is 0 Å². The number of nitrogens with two attached hydrogens (primary N) is 1. The SMILES string of the molecule is CC1CCN(C(N)=NCCCSc2nccs2)CC1. The van der Waals surface area contributed by atoms with Crippen LogP contribution in [-0.2, 0) is 0 Å². The first-order chi connectivity index (χ1) is 9.25. The maximum atomic E-state index is 6.03. The van der Waals surface area contributed by atoms with Gasteiger partial charge in [0.25, 0.3) is 0 Å². The average Bonchev–Trinajstić information content (AvgIpc) is 2.92. The van der Waals surface area contributed by atoms with E-state index in [9.17, 15) is 0 Å². The van der Waals surface area contributed by atoms with E-state index in [2.05, 4.69) is 21.8 Å². The summed E-state index contributed by atoms with van der Waals surface area (Å²) < 4.78 is 1.14. The van der Waals surface area contributed by atoms with E-state index in [1.165, 1.54) is 12.8 Å². The summed E-state index contributed by atoms with van der Waals surface area (Å²) >= 11 is 3.49. The Hall–Kier alpha value is -0.750. The molecule has 2 N–H and O–H groups in total. The van der Waals surface area contributed by atoms with E-state index in [1.54, 1.807) is 23.1 Å². The first kappa shape index (κ1) is 14.7. The van der Waals surface area contributed by atoms with Crippen LogP contribution in [0.25, 0.3) is 0 Å². The minimum Gasteiger partial charge on any atom is -0.370 e. The van der Waals surface area contributed by atoms with Crippen LogP contribution in [0.15, 0.2) is 20.9 Å². The van der Waals surface area contributed by atoms with Crippen molar-refractivity contribution in [2.75, 3.05) is 25.4 Å². The van der Waals surface area contributed by atoms with Crippen LogP contribution in [0.4, 0.5) is 0 Å². The van der Waals surface area contributed by atoms with Gasteiger partial charge >= 0.3 is 0 Å². The standard InChI is InChI=1S/C13H22N4S2/c1-11-3-7-17(8-4-11)12(14)15-5-2-9-18-13-16-6-10-19-13/h6,10-11H,2-5,7-9H2,1H3,(H2,14,15). The van der Waals surface area contributed by atoms with E-state index >= 15 is 0 Å². The zero-order valence-corrected chi connectivity index (χ0v) is 13.1. The quantitative estimate of drug-likeness (QED) is 0.393. The molecule has 0 saturated carbocycles. The lowest BCUT2D eigenvalue weighted by atomic mass is 10.00. The van der Waals surface area contributed by atoms with Gasteiger partial charge in [0.1, 0.15) is 4.34 Å². The number of likely N-dealkylation sites (tertiary alicyclic amines) is 1. The van der Waals surface area contributed by atoms with E-state index in [4.69, 9.17) is 5.73 Å². The second-order valence-electron chi connectivity index (χ2n) is 4.91. The van der Waals surface area contributed by atoms with Gasteiger partial charge in [-0.05, 0) is 25.2 Å². The van der Waals surface area contributed by atoms with Gasteiger partial charge in [0.15, 0.2) is 5.96 Å². The van der Waals surface area contributed by atoms with Gasteiger partial charge in [-0.2, -0.15) is 0 Å². The number of aromatic nitrogens is 1. The molecule has 4 nitrogen and oxygen atoms in total. The largest absolute Gasteiger partial charge is 0.370 e. The van der Waals surface area contributed by atoms with Crippen LogP contribution in [0.1, 0.15) is 26.2 Å². The summed E-state index contributed by atoms with van der Waals surface area (Å²) in [6.45, 7) is 5.24. The number of guanidine groups is 1. The highest BCUT2D eigenvalue weighted by Gasteiger charge is 2.16. The third-order valence-electron chi connectivity index (χ3n) is 3.32. The van der Waals surface area contributed by atoms with Crippen LogP contribution in [-0.4, -0.2) is 41.2 Å². The van der Waals surface area contributed by atoms with Crippen molar-refractivity contribution in [1.82, 2.24) is 9.88 Å². The highest BCUT2D eigenvalue weighted by molar-refractivity contribution is 8.00. The second kappa shape index (κ2) is 7.75. The predicted molar refractivity (Wildman–Crippen MR) is 83.9 cm³/mol. The van der Waals surface area contributed by atoms with Gasteiger partial charge in [-0.3, -0.25) is 4.99 Å². The van der Waals surface area contributed by atoms with Crippen LogP contribution in [0.5, 0.6) is 0 Å². The average molecular weight is 298 g/mol. The molecule has 1 aromatic rings. The third-order valence-corrected chi connectivity index (χ3v) is 5.37. The van der Waals surface area contributed by atoms with Crippen molar-refractivity contribution < 1.29 is 0 Å². The molecule has 0 amide bonds. The van der Waals surface area contributed by atoms with E-state index in [0.29, 0.717) is 0 Å². The van der Waals surface area contributed by atoms with Crippen molar-refractivity contribution in [3.05, 3.63) is 11.6 Å². The third kappa shape index (κ3) is 5.03. The fourth-order valence-electron chi connectivity index (χ4n) is 2.04. The minimum atomic E-state index is 0.728. The smallest absolute Gasteiger partial charge is 0.191 e. The molecule has 106 valence electrons. The number of rotatable bonds is 5. The lowest BCUT2D eigenvalue weighted by Gasteiger charge is -2.31. The zero-order chi connectivity index (χ0) is 13.5. The summed E-state index contributed by atoms with van der Waals surface area (Å²) in [5, 5.41) is 2.01. The predicted octanol–water partition coefficient (Wildman–Crippen LogP) is 2.67. The fourth-order valence-corrected chi connectivity index (χ4v) is 3.67. The molecule has 6 heteroatoms. The lowest BCUT2D eigenvalue weighted by Crippen LogP contribution is -2.42. The number of thioether (sulfide) groups is 1. The van der Waals surface area contributed by atoms with Crippen molar-refractivity contribution >= 4 is 29.1 Å². The van der Waals surface area contributed by atoms with E-state index in [0.717, 1.165) is 48.0 Å². The Morgan fingerprint density at radius 3 is 3.05 bits per heavy atom. The molecule has 1 saturated heterocycles. The number of nitrogens with zero attached hydrogens (tertiary/aromatic N) is 3. The minimum absolute atomic E-state index is 0.728. The molecule has 19 heavy (non-hydrogen) atoms. The van der Waals surface area contributed by atoms with Crippen molar-refractivity contribution in [3.63, 3.8) is 0 Å². The van der Waals surface area contributed by atoms with Gasteiger partial charge in [-0.15, -0.1) is 11.3 Å². The number of piperidine rings is 1. The number of aliphatic imine (C=N–C) groups is 1. The monoisotopic (exact) mass is 298 g/mol. The summed E-state index contributed by atoms with van der Waals surface area (Å²) in [6, 6.07) is 0. The molecule has 1 aromatic heterocycles. The van der Waals surface area contributed by atoms with E-state index in [-0.39, 0.29) is 0 Å². The molecule has 1 aliphatic rings. The van der Waals surface area contributed by atoms with Crippen molar-refractivity contribution in [3.8, 4) is 0 Å². The molecule has 1 aliphatic heterocycles. The van der Waals surface area contributed by atoms with Gasteiger partial charge in [-0.1, -0.05) is 18.7 Å². The molecule has 0 atom stereocenters. The summed E-state index contributed by atoms with van der Waals surface area (Å²) in [5.74, 6) is 2.62. The topological polar surface area (TPSA) is 54.5 Å². The Bertz CT molecular complexity index is 383. The van der Waals surface area contributed by atoms with Crippen LogP contribution in [0.2, 0.25) is 0 Å². The number of hydrogen-bond donors (Lipinski definition) is 1. The van der Waals surface area contributed by atoms with Crippen molar-refractivity contribution in [2.24, 2.45) is 16.6 Å². The molecule has 2 rings (SSSR count). The first-order valence-electron chi connectivity index (χ1n) is 6.83. The maximum absolute atomic E-state index is 6.03. The Morgan fingerprint density at radius 2 is 2.37 bits per heavy atom. The fraction of sp³-hybridized carbons (Fsp3) is 0.692. The molecule has 0 spiro atoms. The van der Waals surface area contributed by atoms with Gasteiger partial charge in [0.2, 0.25) is 0 Å². The number of hydrogen-bond acceptors (Lipinski definition) is 4. The summed E-state index contributed by atoms with van der Waals surface area (Å²) in [6.07, 6.45) is 5.36. The highest BCUT2D eigenvalue weighted by atomic mass is 32.2. The second-order valence-corrected chi connectivity index (χ2v) is 7.15. The maximum Gasteiger partial charge on any atom is 0.191 e. The van der Waals surface area contributed by atoms with Crippen LogP contribution >= 0.6 is 23.1 Å². The molecule has 0 aliphatic carbocycles. The van der Waals surface area contributed by atoms with Crippen LogP contribution in [0, 0.1) is 5.92 Å². The molecular weight excluding hydrogens is 276 g/mol. The Kier molecular flexibility index (Phi) is 5.97. The summed E-state index contributed by atoms with van der Waals surface area (Å²) in [4.78, 5) is 10.9. The number of thiazole rings is 1. The molecule has 0 bridgehead atoms. The Labute approximate surface area is 123 Å². The van der Waals surface area contributed by atoms with Crippen molar-refractivity contribution in [1.29, 1.82) is 0 Å².